The quantitative estimate of drug-likeness (QED) is 0.554. The Morgan fingerprint density at radius 3 is 2.70 bits per heavy atom. The number of nitrogens with one attached hydrogen (secondary N) is 4. The lowest BCUT2D eigenvalue weighted by Crippen LogP contribution is -2.52. The van der Waals surface area contributed by atoms with Crippen LogP contribution in [-0.4, -0.2) is 52.4 Å². The molecule has 1 fully saturated rings. The SMILES string of the molecule is O=c1[nH]nc2c3c(cccc13)NC(C(c1ccncc1)N1CCNCC1)N2. The molecule has 8 nitrogen and oxygen atoms in total. The van der Waals surface area contributed by atoms with Gasteiger partial charge in [0.2, 0.25) is 0 Å². The Hall–Kier alpha value is -2.97. The largest absolute Gasteiger partial charge is 0.363 e. The summed E-state index contributed by atoms with van der Waals surface area (Å²) in [6.07, 6.45) is 3.58. The van der Waals surface area contributed by atoms with Crippen LogP contribution in [0.4, 0.5) is 11.5 Å². The van der Waals surface area contributed by atoms with Crippen molar-refractivity contribution < 1.29 is 0 Å². The van der Waals surface area contributed by atoms with E-state index < -0.39 is 0 Å². The number of piperazine rings is 1. The number of H-pyrrole nitrogens is 1. The molecule has 2 unspecified atom stereocenters. The first-order valence-electron chi connectivity index (χ1n) is 9.20. The molecular formula is C19H21N7O. The zero-order valence-corrected chi connectivity index (χ0v) is 14.8. The summed E-state index contributed by atoms with van der Waals surface area (Å²) in [7, 11) is 0. The molecule has 0 radical (unpaired) electrons. The Balaban J connectivity index is 1.57. The van der Waals surface area contributed by atoms with Gasteiger partial charge in [-0.25, -0.2) is 5.10 Å². The fourth-order valence-corrected chi connectivity index (χ4v) is 4.09. The monoisotopic (exact) mass is 363 g/mol. The summed E-state index contributed by atoms with van der Waals surface area (Å²) in [6, 6.07) is 9.95. The fraction of sp³-hybridized carbons (Fsp3) is 0.316. The zero-order valence-electron chi connectivity index (χ0n) is 14.8. The van der Waals surface area contributed by atoms with Crippen molar-refractivity contribution in [1.82, 2.24) is 25.4 Å². The maximum atomic E-state index is 12.1. The Bertz CT molecular complexity index is 1000. The van der Waals surface area contributed by atoms with Crippen LogP contribution < -0.4 is 21.5 Å². The molecular weight excluding hydrogens is 342 g/mol. The van der Waals surface area contributed by atoms with Crippen molar-refractivity contribution in [3.05, 3.63) is 58.6 Å². The van der Waals surface area contributed by atoms with Crippen LogP contribution in [0, 0.1) is 0 Å². The third-order valence-corrected chi connectivity index (χ3v) is 5.33. The summed E-state index contributed by atoms with van der Waals surface area (Å²) in [5.74, 6) is 0.707. The fourth-order valence-electron chi connectivity index (χ4n) is 4.09. The number of benzene rings is 1. The van der Waals surface area contributed by atoms with E-state index in [0.29, 0.717) is 11.2 Å². The van der Waals surface area contributed by atoms with Gasteiger partial charge in [0.25, 0.3) is 5.56 Å². The first-order chi connectivity index (χ1) is 13.3. The normalized spacial score (nSPS) is 20.7. The molecule has 2 aliphatic heterocycles. The van der Waals surface area contributed by atoms with Gasteiger partial charge in [0.15, 0.2) is 5.82 Å². The minimum Gasteiger partial charge on any atom is -0.363 e. The van der Waals surface area contributed by atoms with Gasteiger partial charge in [-0.05, 0) is 29.8 Å². The summed E-state index contributed by atoms with van der Waals surface area (Å²) in [4.78, 5) is 18.7. The summed E-state index contributed by atoms with van der Waals surface area (Å²) >= 11 is 0. The Labute approximate surface area is 156 Å². The molecule has 138 valence electrons. The lowest BCUT2D eigenvalue weighted by molar-refractivity contribution is 0.162. The highest BCUT2D eigenvalue weighted by atomic mass is 16.1. The second kappa shape index (κ2) is 6.64. The van der Waals surface area contributed by atoms with E-state index in [1.54, 1.807) is 0 Å². The molecule has 0 spiro atoms. The standard InChI is InChI=1S/C19H21N7O/c27-19-13-2-1-3-14-15(13)17(24-25-19)23-18(22-14)16(12-4-6-20-7-5-12)26-10-8-21-9-11-26/h1-7,16,18,21-22H,8-11H2,(H,23,24)(H,25,27). The van der Waals surface area contributed by atoms with Gasteiger partial charge in [-0.1, -0.05) is 6.07 Å². The highest BCUT2D eigenvalue weighted by Gasteiger charge is 2.33. The first-order valence-corrected chi connectivity index (χ1v) is 9.20. The van der Waals surface area contributed by atoms with Crippen molar-refractivity contribution in [3.8, 4) is 0 Å². The van der Waals surface area contributed by atoms with E-state index in [9.17, 15) is 4.79 Å². The number of hydrogen-bond acceptors (Lipinski definition) is 7. The van der Waals surface area contributed by atoms with Crippen LogP contribution in [0.25, 0.3) is 10.8 Å². The van der Waals surface area contributed by atoms with Gasteiger partial charge in [-0.3, -0.25) is 14.7 Å². The topological polar surface area (TPSA) is 98.0 Å². The van der Waals surface area contributed by atoms with E-state index in [-0.39, 0.29) is 17.8 Å². The van der Waals surface area contributed by atoms with Crippen LogP contribution in [0.1, 0.15) is 11.6 Å². The molecule has 0 bridgehead atoms. The Morgan fingerprint density at radius 1 is 1.07 bits per heavy atom. The number of anilines is 2. The van der Waals surface area contributed by atoms with Gasteiger partial charge in [-0.15, -0.1) is 0 Å². The van der Waals surface area contributed by atoms with Gasteiger partial charge >= 0.3 is 0 Å². The average Bonchev–Trinajstić information content (AvgIpc) is 2.72. The van der Waals surface area contributed by atoms with Crippen LogP contribution >= 0.6 is 0 Å². The van der Waals surface area contributed by atoms with Crippen molar-refractivity contribution in [3.63, 3.8) is 0 Å². The molecule has 4 N–H and O–H groups in total. The summed E-state index contributed by atoms with van der Waals surface area (Å²) < 4.78 is 0. The lowest BCUT2D eigenvalue weighted by Gasteiger charge is -2.42. The van der Waals surface area contributed by atoms with Gasteiger partial charge in [-0.2, -0.15) is 5.10 Å². The van der Waals surface area contributed by atoms with Gasteiger partial charge in [0.05, 0.1) is 16.8 Å². The molecule has 2 aromatic heterocycles. The lowest BCUT2D eigenvalue weighted by atomic mass is 9.99. The highest BCUT2D eigenvalue weighted by Crippen LogP contribution is 2.36. The molecule has 27 heavy (non-hydrogen) atoms. The third-order valence-electron chi connectivity index (χ3n) is 5.33. The molecule has 4 heterocycles. The number of aromatic amines is 1. The Kier molecular flexibility index (Phi) is 3.99. The number of aromatic nitrogens is 3. The molecule has 8 heteroatoms. The number of nitrogens with zero attached hydrogens (tertiary/aromatic N) is 3. The van der Waals surface area contributed by atoms with E-state index in [1.807, 2.05) is 30.6 Å². The molecule has 1 saturated heterocycles. The third kappa shape index (κ3) is 2.83. The summed E-state index contributed by atoms with van der Waals surface area (Å²) in [5.41, 5.74) is 1.95. The average molecular weight is 363 g/mol. The van der Waals surface area contributed by atoms with Gasteiger partial charge < -0.3 is 16.0 Å². The second-order valence-electron chi connectivity index (χ2n) is 6.91. The maximum Gasteiger partial charge on any atom is 0.272 e. The van der Waals surface area contributed by atoms with Crippen molar-refractivity contribution in [2.24, 2.45) is 0 Å². The van der Waals surface area contributed by atoms with E-state index in [4.69, 9.17) is 0 Å². The highest BCUT2D eigenvalue weighted by molar-refractivity contribution is 6.02. The van der Waals surface area contributed by atoms with Crippen LogP contribution in [-0.2, 0) is 0 Å². The predicted octanol–water partition coefficient (Wildman–Crippen LogP) is 1.13. The summed E-state index contributed by atoms with van der Waals surface area (Å²) in [5, 5.41) is 18.9. The molecule has 1 aromatic carbocycles. The smallest absolute Gasteiger partial charge is 0.272 e. The number of rotatable bonds is 3. The first kappa shape index (κ1) is 16.2. The van der Waals surface area contributed by atoms with Gasteiger partial charge in [0.1, 0.15) is 6.17 Å². The molecule has 3 aromatic rings. The van der Waals surface area contributed by atoms with Crippen LogP contribution in [0.2, 0.25) is 0 Å². The minimum absolute atomic E-state index is 0.0815. The van der Waals surface area contributed by atoms with E-state index in [2.05, 4.69) is 48.2 Å². The molecule has 0 aliphatic carbocycles. The minimum atomic E-state index is -0.176. The molecule has 0 amide bonds. The van der Waals surface area contributed by atoms with Crippen molar-refractivity contribution in [2.75, 3.05) is 36.8 Å². The number of pyridine rings is 1. The van der Waals surface area contributed by atoms with Crippen LogP contribution in [0.3, 0.4) is 0 Å². The van der Waals surface area contributed by atoms with E-state index >= 15 is 0 Å². The molecule has 2 aliphatic rings. The second-order valence-corrected chi connectivity index (χ2v) is 6.91. The zero-order chi connectivity index (χ0) is 18.2. The van der Waals surface area contributed by atoms with Crippen molar-refractivity contribution in [1.29, 1.82) is 0 Å². The molecule has 2 atom stereocenters. The van der Waals surface area contributed by atoms with Crippen LogP contribution in [0.15, 0.2) is 47.5 Å². The maximum absolute atomic E-state index is 12.1. The predicted molar refractivity (Wildman–Crippen MR) is 105 cm³/mol. The van der Waals surface area contributed by atoms with Crippen molar-refractivity contribution in [2.45, 2.75) is 12.2 Å². The van der Waals surface area contributed by atoms with Crippen molar-refractivity contribution >= 4 is 22.3 Å². The molecule has 5 rings (SSSR count). The molecule has 0 saturated carbocycles. The van der Waals surface area contributed by atoms with E-state index in [1.165, 1.54) is 5.56 Å². The van der Waals surface area contributed by atoms with E-state index in [0.717, 1.165) is 37.3 Å². The Morgan fingerprint density at radius 2 is 1.89 bits per heavy atom. The summed E-state index contributed by atoms with van der Waals surface area (Å²) in [6.45, 7) is 3.85. The number of hydrogen-bond donors (Lipinski definition) is 4. The van der Waals surface area contributed by atoms with Crippen LogP contribution in [0.5, 0.6) is 0 Å². The van der Waals surface area contributed by atoms with Gasteiger partial charge in [0, 0.05) is 44.3 Å².